The molecule has 3 aromatic rings. The Morgan fingerprint density at radius 2 is 2.03 bits per heavy atom. The molecule has 35 heavy (non-hydrogen) atoms. The number of nitrogens with zero attached hydrogens (tertiary/aromatic N) is 7. The van der Waals surface area contributed by atoms with Gasteiger partial charge in [0, 0.05) is 23.3 Å². The highest BCUT2D eigenvalue weighted by Crippen LogP contribution is 2.40. The van der Waals surface area contributed by atoms with E-state index in [0.29, 0.717) is 5.56 Å². The predicted octanol–water partition coefficient (Wildman–Crippen LogP) is 2.31. The van der Waals surface area contributed by atoms with Gasteiger partial charge in [-0.25, -0.2) is 15.0 Å². The lowest BCUT2D eigenvalue weighted by Gasteiger charge is -2.23. The number of aliphatic carboxylic acids is 1. The molecule has 2 N–H and O–H groups in total. The number of carbonyl (C=O) groups excluding carboxylic acids is 2. The minimum atomic E-state index is -1.13. The Hall–Kier alpha value is -4.55. The second-order valence-electron chi connectivity index (χ2n) is 7.68. The van der Waals surface area contributed by atoms with Crippen LogP contribution in [0, 0.1) is 5.92 Å². The van der Waals surface area contributed by atoms with Crippen LogP contribution in [0.15, 0.2) is 48.1 Å². The molecule has 0 aliphatic carbocycles. The number of benzene rings is 1. The van der Waals surface area contributed by atoms with Crippen LogP contribution in [0.4, 0.5) is 5.82 Å². The van der Waals surface area contributed by atoms with Crippen LogP contribution in [0.2, 0.25) is 0 Å². The molecular formula is C21H20N8O6. The highest BCUT2D eigenvalue weighted by atomic mass is 16.6. The van der Waals surface area contributed by atoms with E-state index in [9.17, 15) is 19.5 Å². The van der Waals surface area contributed by atoms with Gasteiger partial charge in [-0.3, -0.25) is 19.0 Å². The van der Waals surface area contributed by atoms with Crippen LogP contribution < -0.4 is 5.32 Å². The number of azide groups is 1. The number of anilines is 1. The summed E-state index contributed by atoms with van der Waals surface area (Å²) >= 11 is 0. The normalized spacial score (nSPS) is 21.3. The summed E-state index contributed by atoms with van der Waals surface area (Å²) in [5.74, 6) is -2.82. The molecule has 2 aromatic heterocycles. The first kappa shape index (κ1) is 23.6. The van der Waals surface area contributed by atoms with Crippen LogP contribution >= 0.6 is 0 Å². The Morgan fingerprint density at radius 1 is 1.26 bits per heavy atom. The Labute approximate surface area is 197 Å². The fourth-order valence-electron chi connectivity index (χ4n) is 3.99. The highest BCUT2D eigenvalue weighted by molar-refractivity contribution is 6.06. The van der Waals surface area contributed by atoms with Crippen molar-refractivity contribution >= 4 is 34.8 Å². The van der Waals surface area contributed by atoms with Crippen molar-refractivity contribution in [1.82, 2.24) is 19.5 Å². The zero-order valence-corrected chi connectivity index (χ0v) is 18.4. The molecule has 0 bridgehead atoms. The fraction of sp³-hybridized carbons (Fsp3) is 0.333. The van der Waals surface area contributed by atoms with Crippen LogP contribution in [0.3, 0.4) is 0 Å². The van der Waals surface area contributed by atoms with E-state index in [1.54, 1.807) is 30.3 Å². The van der Waals surface area contributed by atoms with Crippen molar-refractivity contribution in [3.63, 3.8) is 0 Å². The Bertz CT molecular complexity index is 1310. The van der Waals surface area contributed by atoms with E-state index in [4.69, 9.17) is 15.0 Å². The van der Waals surface area contributed by atoms with Gasteiger partial charge in [-0.1, -0.05) is 23.3 Å². The number of aromatic nitrogens is 4. The first-order chi connectivity index (χ1) is 16.9. The number of imidazole rings is 1. The van der Waals surface area contributed by atoms with Crippen LogP contribution in [-0.4, -0.2) is 61.2 Å². The number of nitrogens with one attached hydrogen (secondary N) is 1. The van der Waals surface area contributed by atoms with Gasteiger partial charge in [-0.15, -0.1) is 0 Å². The van der Waals surface area contributed by atoms with E-state index < -0.39 is 42.2 Å². The molecular weight excluding hydrogens is 460 g/mol. The van der Waals surface area contributed by atoms with Gasteiger partial charge in [0.1, 0.15) is 6.33 Å². The summed E-state index contributed by atoms with van der Waals surface area (Å²) in [5, 5.41) is 15.6. The van der Waals surface area contributed by atoms with Gasteiger partial charge in [0.25, 0.3) is 5.91 Å². The number of carboxylic acid groups (broad SMARTS) is 1. The summed E-state index contributed by atoms with van der Waals surface area (Å²) in [6.45, 7) is 1.03. The molecule has 4 atom stereocenters. The zero-order valence-electron chi connectivity index (χ0n) is 18.4. The third-order valence-corrected chi connectivity index (χ3v) is 5.43. The fourth-order valence-corrected chi connectivity index (χ4v) is 3.99. The summed E-state index contributed by atoms with van der Waals surface area (Å²) in [4.78, 5) is 51.3. The minimum Gasteiger partial charge on any atom is -0.481 e. The van der Waals surface area contributed by atoms with Crippen molar-refractivity contribution in [2.45, 2.75) is 31.8 Å². The minimum absolute atomic E-state index is 0.150. The lowest BCUT2D eigenvalue weighted by Crippen LogP contribution is -2.33. The molecule has 3 heterocycles. The largest absolute Gasteiger partial charge is 0.481 e. The van der Waals surface area contributed by atoms with Gasteiger partial charge in [-0.05, 0) is 17.7 Å². The lowest BCUT2D eigenvalue weighted by molar-refractivity contribution is -0.155. The van der Waals surface area contributed by atoms with Crippen LogP contribution in [-0.2, 0) is 19.1 Å². The van der Waals surface area contributed by atoms with E-state index in [1.165, 1.54) is 24.1 Å². The van der Waals surface area contributed by atoms with E-state index in [1.807, 2.05) is 0 Å². The molecule has 14 heteroatoms. The van der Waals surface area contributed by atoms with Crippen molar-refractivity contribution < 1.29 is 29.0 Å². The second kappa shape index (κ2) is 10.2. The van der Waals surface area contributed by atoms with Crippen molar-refractivity contribution in [2.24, 2.45) is 11.0 Å². The number of carboxylic acids is 1. The van der Waals surface area contributed by atoms with Gasteiger partial charge in [0.05, 0.1) is 25.4 Å². The summed E-state index contributed by atoms with van der Waals surface area (Å²) in [6, 6.07) is 8.54. The van der Waals surface area contributed by atoms with Crippen molar-refractivity contribution in [3.8, 4) is 0 Å². The van der Waals surface area contributed by atoms with Crippen molar-refractivity contribution in [2.75, 3.05) is 11.9 Å². The van der Waals surface area contributed by atoms with Gasteiger partial charge in [-0.2, -0.15) is 0 Å². The zero-order chi connectivity index (χ0) is 24.9. The number of esters is 1. The van der Waals surface area contributed by atoms with E-state index >= 15 is 0 Å². The third kappa shape index (κ3) is 5.03. The molecule has 1 aliphatic heterocycles. The van der Waals surface area contributed by atoms with Crippen molar-refractivity contribution in [1.29, 1.82) is 0 Å². The first-order valence-electron chi connectivity index (χ1n) is 10.5. The average Bonchev–Trinajstić information content (AvgIpc) is 3.40. The predicted molar refractivity (Wildman–Crippen MR) is 119 cm³/mol. The maximum atomic E-state index is 12.6. The molecule has 0 unspecified atom stereocenters. The Balaban J connectivity index is 1.70. The first-order valence-corrected chi connectivity index (χ1v) is 10.5. The summed E-state index contributed by atoms with van der Waals surface area (Å²) in [6.07, 6.45) is -0.680. The SMILES string of the molecule is CC(=O)O[C@@H]1[C@H](CC(=O)O)[C@@H](CN=[N+]=[N-])O[C@H]1n1cnc2c(NC(=O)c3ccccc3)ncnc21. The number of hydrogen-bond donors (Lipinski definition) is 2. The number of carbonyl (C=O) groups is 3. The molecule has 14 nitrogen and oxygen atoms in total. The lowest BCUT2D eigenvalue weighted by atomic mass is 9.94. The Kier molecular flexibility index (Phi) is 6.85. The number of fused-ring (bicyclic) bond motifs is 1. The summed E-state index contributed by atoms with van der Waals surface area (Å²) in [7, 11) is 0. The molecule has 1 aliphatic rings. The molecule has 1 saturated heterocycles. The number of amides is 1. The number of hydrogen-bond acceptors (Lipinski definition) is 9. The van der Waals surface area contributed by atoms with E-state index in [0.717, 1.165) is 0 Å². The Morgan fingerprint density at radius 3 is 2.71 bits per heavy atom. The summed E-state index contributed by atoms with van der Waals surface area (Å²) in [5.41, 5.74) is 9.64. The third-order valence-electron chi connectivity index (χ3n) is 5.43. The molecule has 1 amide bonds. The van der Waals surface area contributed by atoms with Gasteiger partial charge in [0.2, 0.25) is 0 Å². The summed E-state index contributed by atoms with van der Waals surface area (Å²) < 4.78 is 12.9. The molecule has 180 valence electrons. The average molecular weight is 480 g/mol. The van der Waals surface area contributed by atoms with Crippen LogP contribution in [0.1, 0.15) is 29.9 Å². The van der Waals surface area contributed by atoms with Crippen LogP contribution in [0.5, 0.6) is 0 Å². The second-order valence-corrected chi connectivity index (χ2v) is 7.68. The topological polar surface area (TPSA) is 194 Å². The van der Waals surface area contributed by atoms with E-state index in [2.05, 4.69) is 30.3 Å². The standard InChI is InChI=1S/C21H20N8O6/c1-11(30)34-17-13(7-15(31)32)14(8-26-28-22)35-21(17)29-10-25-16-18(23-9-24-19(16)29)27-20(33)12-5-3-2-4-6-12/h2-6,9-10,13-14,17,21H,7-8H2,1H3,(H,31,32)(H,23,24,27,33)/t13-,14-,17-,21-/m1/s1. The van der Waals surface area contributed by atoms with Crippen LogP contribution in [0.25, 0.3) is 21.6 Å². The van der Waals surface area contributed by atoms with Gasteiger partial charge in [0.15, 0.2) is 29.3 Å². The monoisotopic (exact) mass is 480 g/mol. The number of ether oxygens (including phenoxy) is 2. The molecule has 1 aromatic carbocycles. The number of rotatable bonds is 8. The molecule has 0 saturated carbocycles. The van der Waals surface area contributed by atoms with E-state index in [-0.39, 0.29) is 29.9 Å². The molecule has 0 spiro atoms. The quantitative estimate of drug-likeness (QED) is 0.210. The molecule has 1 fully saturated rings. The van der Waals surface area contributed by atoms with Gasteiger partial charge >= 0.3 is 11.9 Å². The highest BCUT2D eigenvalue weighted by Gasteiger charge is 2.48. The maximum Gasteiger partial charge on any atom is 0.303 e. The van der Waals surface area contributed by atoms with Crippen molar-refractivity contribution in [3.05, 3.63) is 59.0 Å². The molecule has 0 radical (unpaired) electrons. The maximum absolute atomic E-state index is 12.6. The smallest absolute Gasteiger partial charge is 0.303 e. The molecule has 4 rings (SSSR count). The van der Waals surface area contributed by atoms with Gasteiger partial charge < -0.3 is 19.9 Å².